The average Bonchev–Trinajstić information content (AvgIpc) is 2.47. The lowest BCUT2D eigenvalue weighted by molar-refractivity contribution is 0.00578. The van der Waals surface area contributed by atoms with Gasteiger partial charge in [-0.1, -0.05) is 20.8 Å². The van der Waals surface area contributed by atoms with E-state index in [4.69, 9.17) is 9.31 Å². The van der Waals surface area contributed by atoms with E-state index >= 15 is 0 Å². The Bertz CT molecular complexity index is 465. The minimum absolute atomic E-state index is 0.0351. The first kappa shape index (κ1) is 14.5. The molecule has 1 aliphatic rings. The van der Waals surface area contributed by atoms with Gasteiger partial charge in [-0.15, -0.1) is 0 Å². The van der Waals surface area contributed by atoms with Crippen molar-refractivity contribution in [3.63, 3.8) is 0 Å². The zero-order chi connectivity index (χ0) is 14.5. The van der Waals surface area contributed by atoms with E-state index in [-0.39, 0.29) is 16.6 Å². The third-order valence-electron chi connectivity index (χ3n) is 3.92. The number of nitrogens with zero attached hydrogens (tertiary/aromatic N) is 2. The Morgan fingerprint density at radius 2 is 1.53 bits per heavy atom. The Morgan fingerprint density at radius 3 is 2.00 bits per heavy atom. The van der Waals surface area contributed by atoms with Gasteiger partial charge in [-0.2, -0.15) is 0 Å². The first-order valence-electron chi connectivity index (χ1n) is 6.71. The monoisotopic (exact) mass is 262 g/mol. The number of hydrogen-bond donors (Lipinski definition) is 0. The molecule has 4 nitrogen and oxygen atoms in total. The van der Waals surface area contributed by atoms with Gasteiger partial charge in [0, 0.05) is 17.8 Å². The van der Waals surface area contributed by atoms with Crippen LogP contribution in [0.3, 0.4) is 0 Å². The van der Waals surface area contributed by atoms with Gasteiger partial charge < -0.3 is 9.31 Å². The smallest absolute Gasteiger partial charge is 0.398 e. The summed E-state index contributed by atoms with van der Waals surface area (Å²) in [5.74, 6) is 0. The second kappa shape index (κ2) is 4.28. The summed E-state index contributed by atoms with van der Waals surface area (Å²) in [5, 5.41) is 0. The topological polar surface area (TPSA) is 44.2 Å². The highest BCUT2D eigenvalue weighted by atomic mass is 16.7. The van der Waals surface area contributed by atoms with Crippen molar-refractivity contribution in [3.8, 4) is 0 Å². The van der Waals surface area contributed by atoms with E-state index in [1.165, 1.54) is 0 Å². The van der Waals surface area contributed by atoms with Crippen LogP contribution < -0.4 is 5.59 Å². The summed E-state index contributed by atoms with van der Waals surface area (Å²) in [5.41, 5.74) is 0.951. The van der Waals surface area contributed by atoms with E-state index in [0.29, 0.717) is 0 Å². The molecule has 0 atom stereocenters. The van der Waals surface area contributed by atoms with E-state index in [1.807, 2.05) is 27.7 Å². The molecule has 0 saturated carbocycles. The Hall–Kier alpha value is -0.935. The van der Waals surface area contributed by atoms with E-state index in [1.54, 1.807) is 12.4 Å². The Balaban J connectivity index is 2.30. The van der Waals surface area contributed by atoms with Crippen molar-refractivity contribution in [2.24, 2.45) is 0 Å². The fourth-order valence-corrected chi connectivity index (χ4v) is 1.82. The lowest BCUT2D eigenvalue weighted by Gasteiger charge is -2.32. The highest BCUT2D eigenvalue weighted by Crippen LogP contribution is 2.36. The molecule has 1 aliphatic heterocycles. The maximum Gasteiger partial charge on any atom is 0.516 e. The Morgan fingerprint density at radius 1 is 1.00 bits per heavy atom. The van der Waals surface area contributed by atoms with E-state index in [0.717, 1.165) is 11.3 Å². The molecule has 19 heavy (non-hydrogen) atoms. The summed E-state index contributed by atoms with van der Waals surface area (Å²) in [6.07, 6.45) is 3.52. The molecule has 0 spiro atoms. The average molecular weight is 262 g/mol. The summed E-state index contributed by atoms with van der Waals surface area (Å²) >= 11 is 0. The van der Waals surface area contributed by atoms with E-state index in [2.05, 4.69) is 30.7 Å². The first-order chi connectivity index (χ1) is 8.53. The van der Waals surface area contributed by atoms with Crippen LogP contribution in [0.5, 0.6) is 0 Å². The minimum Gasteiger partial charge on any atom is -0.398 e. The number of hydrogen-bond acceptors (Lipinski definition) is 4. The van der Waals surface area contributed by atoms with Crippen molar-refractivity contribution in [3.05, 3.63) is 18.1 Å². The Kier molecular flexibility index (Phi) is 3.26. The fourth-order valence-electron chi connectivity index (χ4n) is 1.82. The standard InChI is InChI=1S/C14H23BN2O2/c1-12(2,3)10-8-16-9-11(17-10)15-18-13(4,5)14(6,7)19-15/h8-9H,1-7H3. The van der Waals surface area contributed by atoms with Crippen molar-refractivity contribution < 1.29 is 9.31 Å². The second-order valence-electron chi connectivity index (χ2n) is 7.17. The van der Waals surface area contributed by atoms with Gasteiger partial charge in [-0.25, -0.2) is 0 Å². The molecule has 5 heteroatoms. The van der Waals surface area contributed by atoms with Crippen LogP contribution >= 0.6 is 0 Å². The number of aromatic nitrogens is 2. The minimum atomic E-state index is -0.445. The molecule has 104 valence electrons. The summed E-state index contributed by atoms with van der Waals surface area (Å²) in [7, 11) is -0.445. The summed E-state index contributed by atoms with van der Waals surface area (Å²) in [6.45, 7) is 14.5. The predicted octanol–water partition coefficient (Wildman–Crippen LogP) is 2.07. The Labute approximate surface area is 116 Å². The van der Waals surface area contributed by atoms with Crippen LogP contribution in [-0.4, -0.2) is 28.3 Å². The number of rotatable bonds is 1. The molecular formula is C14H23BN2O2. The lowest BCUT2D eigenvalue weighted by atomic mass is 9.84. The summed E-state index contributed by atoms with van der Waals surface area (Å²) < 4.78 is 12.0. The van der Waals surface area contributed by atoms with Crippen LogP contribution in [0.25, 0.3) is 0 Å². The van der Waals surface area contributed by atoms with E-state index < -0.39 is 7.12 Å². The van der Waals surface area contributed by atoms with Crippen molar-refractivity contribution in [2.45, 2.75) is 65.1 Å². The molecule has 2 rings (SSSR count). The molecule has 0 radical (unpaired) electrons. The van der Waals surface area contributed by atoms with Gasteiger partial charge >= 0.3 is 7.12 Å². The molecule has 0 N–H and O–H groups in total. The van der Waals surface area contributed by atoms with Crippen LogP contribution in [-0.2, 0) is 14.7 Å². The zero-order valence-corrected chi connectivity index (χ0v) is 12.9. The van der Waals surface area contributed by atoms with Gasteiger partial charge in [-0.3, -0.25) is 9.97 Å². The normalized spacial score (nSPS) is 21.7. The molecule has 0 bridgehead atoms. The molecule has 0 aromatic carbocycles. The molecule has 0 amide bonds. The predicted molar refractivity (Wildman–Crippen MR) is 76.4 cm³/mol. The van der Waals surface area contributed by atoms with Gasteiger partial charge in [0.05, 0.1) is 22.5 Å². The third kappa shape index (κ3) is 2.67. The molecule has 1 fully saturated rings. The largest absolute Gasteiger partial charge is 0.516 e. The molecule has 0 unspecified atom stereocenters. The van der Waals surface area contributed by atoms with Gasteiger partial charge in [-0.05, 0) is 27.7 Å². The van der Waals surface area contributed by atoms with Crippen LogP contribution in [0.4, 0.5) is 0 Å². The molecule has 1 aromatic heterocycles. The maximum atomic E-state index is 5.99. The van der Waals surface area contributed by atoms with Crippen LogP contribution in [0.1, 0.15) is 54.2 Å². The summed E-state index contributed by atoms with van der Waals surface area (Å²) in [4.78, 5) is 8.91. The second-order valence-corrected chi connectivity index (χ2v) is 7.17. The lowest BCUT2D eigenvalue weighted by Crippen LogP contribution is -2.41. The van der Waals surface area contributed by atoms with Crippen molar-refractivity contribution >= 4 is 12.7 Å². The van der Waals surface area contributed by atoms with Gasteiger partial charge in [0.25, 0.3) is 0 Å². The van der Waals surface area contributed by atoms with Crippen molar-refractivity contribution in [1.29, 1.82) is 0 Å². The zero-order valence-electron chi connectivity index (χ0n) is 12.9. The highest BCUT2D eigenvalue weighted by Gasteiger charge is 2.52. The van der Waals surface area contributed by atoms with Crippen LogP contribution in [0.15, 0.2) is 12.4 Å². The third-order valence-corrected chi connectivity index (χ3v) is 3.92. The van der Waals surface area contributed by atoms with Crippen LogP contribution in [0, 0.1) is 0 Å². The van der Waals surface area contributed by atoms with Crippen molar-refractivity contribution in [1.82, 2.24) is 9.97 Å². The fraction of sp³-hybridized carbons (Fsp3) is 0.714. The molecule has 0 aliphatic carbocycles. The molecule has 1 aromatic rings. The maximum absolute atomic E-state index is 5.99. The highest BCUT2D eigenvalue weighted by molar-refractivity contribution is 6.61. The van der Waals surface area contributed by atoms with Crippen LogP contribution in [0.2, 0.25) is 0 Å². The van der Waals surface area contributed by atoms with E-state index in [9.17, 15) is 0 Å². The quantitative estimate of drug-likeness (QED) is 0.727. The molecule has 2 heterocycles. The van der Waals surface area contributed by atoms with Gasteiger partial charge in [0.15, 0.2) is 0 Å². The summed E-state index contributed by atoms with van der Waals surface area (Å²) in [6, 6.07) is 0. The van der Waals surface area contributed by atoms with Crippen molar-refractivity contribution in [2.75, 3.05) is 0 Å². The van der Waals surface area contributed by atoms with Gasteiger partial charge in [0.1, 0.15) is 0 Å². The van der Waals surface area contributed by atoms with Gasteiger partial charge in [0.2, 0.25) is 0 Å². The molecule has 1 saturated heterocycles. The molecular weight excluding hydrogens is 239 g/mol. The first-order valence-corrected chi connectivity index (χ1v) is 6.71. The SMILES string of the molecule is CC(C)(C)c1cncc(B2OC(C)(C)C(C)(C)O2)n1.